The number of nitrogens with zero attached hydrogens (tertiary/aromatic N) is 1. The SMILES string of the molecule is CC(=O)OC[C@@H]1O[C@H](O[C@H]2[C@H](Oc3ccc([N+](=O)[O-])cc3)O[C@@H]3COC(c4ccccc4)O[C@H]3[C@@H]2O)[C@@H](OC(C)=O)[C@H](OC(C)=O)[C@H]1OC(C)=O. The maximum absolute atomic E-state index is 12.4. The van der Waals surface area contributed by atoms with E-state index in [2.05, 4.69) is 0 Å². The van der Waals surface area contributed by atoms with Crippen LogP contribution in [0.2, 0.25) is 0 Å². The molecule has 3 aliphatic heterocycles. The fourth-order valence-corrected chi connectivity index (χ4v) is 5.82. The molecule has 0 aromatic heterocycles. The summed E-state index contributed by atoms with van der Waals surface area (Å²) in [4.78, 5) is 59.2. The molecule has 0 spiro atoms. The van der Waals surface area contributed by atoms with Crippen LogP contribution >= 0.6 is 0 Å². The van der Waals surface area contributed by atoms with E-state index in [-0.39, 0.29) is 18.0 Å². The molecule has 0 aliphatic carbocycles. The van der Waals surface area contributed by atoms with Crippen LogP contribution in [0.1, 0.15) is 39.5 Å². The summed E-state index contributed by atoms with van der Waals surface area (Å²) in [5.41, 5.74) is 0.447. The molecule has 2 aromatic rings. The normalized spacial score (nSPS) is 31.7. The summed E-state index contributed by atoms with van der Waals surface area (Å²) < 4.78 is 58.2. The van der Waals surface area contributed by atoms with Gasteiger partial charge in [0.15, 0.2) is 37.0 Å². The molecule has 18 nitrogen and oxygen atoms in total. The quantitative estimate of drug-likeness (QED) is 0.151. The molecular weight excluding hydrogens is 682 g/mol. The second kappa shape index (κ2) is 16.5. The minimum absolute atomic E-state index is 0.0484. The Labute approximate surface area is 290 Å². The lowest BCUT2D eigenvalue weighted by Crippen LogP contribution is -2.67. The second-order valence-electron chi connectivity index (χ2n) is 11.7. The van der Waals surface area contributed by atoms with Gasteiger partial charge in [-0.3, -0.25) is 29.3 Å². The molecule has 0 radical (unpaired) electrons. The third kappa shape index (κ3) is 9.34. The zero-order chi connectivity index (χ0) is 36.8. The summed E-state index contributed by atoms with van der Waals surface area (Å²) in [5, 5.41) is 23.1. The highest BCUT2D eigenvalue weighted by Gasteiger charge is 2.57. The number of ether oxygens (including phenoxy) is 10. The summed E-state index contributed by atoms with van der Waals surface area (Å²) in [7, 11) is 0. The smallest absolute Gasteiger partial charge is 0.303 e. The first-order chi connectivity index (χ1) is 24.3. The van der Waals surface area contributed by atoms with Gasteiger partial charge in [-0.25, -0.2) is 0 Å². The van der Waals surface area contributed by atoms with E-state index in [0.717, 1.165) is 27.7 Å². The number of hydrogen-bond donors (Lipinski definition) is 1. The van der Waals surface area contributed by atoms with E-state index in [0.29, 0.717) is 5.56 Å². The highest BCUT2D eigenvalue weighted by molar-refractivity contribution is 5.68. The average Bonchev–Trinajstić information content (AvgIpc) is 3.08. The number of nitro groups is 1. The molecular formula is C33H37NO17. The molecule has 18 heteroatoms. The van der Waals surface area contributed by atoms with Gasteiger partial charge in [-0.15, -0.1) is 0 Å². The number of carbonyl (C=O) groups excluding carboxylic acids is 4. The van der Waals surface area contributed by atoms with E-state index >= 15 is 0 Å². The summed E-state index contributed by atoms with van der Waals surface area (Å²) >= 11 is 0. The standard InChI is InChI=1S/C33H37NO17/c1-16(35)42-14-24-27(44-17(2)36)29(45-18(3)37)30(46-19(4)38)33(49-24)51-28-25(39)26-23(15-43-31(50-26)20-8-6-5-7-9-20)48-32(28)47-22-12-10-21(11-13-22)34(40)41/h5-13,23-33,39H,14-15H2,1-4H3/t23-,24+,25+,26-,27+,28-,29-,30+,31?,32-,33-/m1/s1. The summed E-state index contributed by atoms with van der Waals surface area (Å²) in [6, 6.07) is 13.9. The lowest BCUT2D eigenvalue weighted by Gasteiger charge is -2.49. The molecule has 3 heterocycles. The molecule has 0 bridgehead atoms. The van der Waals surface area contributed by atoms with Crippen LogP contribution in [0.3, 0.4) is 0 Å². The van der Waals surface area contributed by atoms with Gasteiger partial charge in [0.2, 0.25) is 6.29 Å². The number of hydrogen-bond acceptors (Lipinski definition) is 17. The van der Waals surface area contributed by atoms with Gasteiger partial charge in [-0.05, 0) is 12.1 Å². The summed E-state index contributed by atoms with van der Waals surface area (Å²) in [6.45, 7) is 3.78. The zero-order valence-electron chi connectivity index (χ0n) is 27.9. The Hall–Kier alpha value is -4.72. The molecule has 3 aliphatic rings. The van der Waals surface area contributed by atoms with E-state index in [1.54, 1.807) is 24.3 Å². The molecule has 3 saturated heterocycles. The van der Waals surface area contributed by atoms with Crippen molar-refractivity contribution in [1.29, 1.82) is 0 Å². The Bertz CT molecular complexity index is 1550. The fraction of sp³-hybridized carbons (Fsp3) is 0.515. The van der Waals surface area contributed by atoms with Crippen molar-refractivity contribution in [2.24, 2.45) is 0 Å². The first-order valence-electron chi connectivity index (χ1n) is 15.8. The Kier molecular flexibility index (Phi) is 12.2. The minimum atomic E-state index is -1.71. The number of benzene rings is 2. The minimum Gasteiger partial charge on any atom is -0.463 e. The van der Waals surface area contributed by atoms with Crippen molar-refractivity contribution in [3.8, 4) is 5.75 Å². The molecule has 51 heavy (non-hydrogen) atoms. The number of aliphatic hydroxyl groups is 1. The van der Waals surface area contributed by atoms with Crippen LogP contribution in [0.15, 0.2) is 54.6 Å². The van der Waals surface area contributed by atoms with Gasteiger partial charge in [0.05, 0.1) is 11.5 Å². The maximum Gasteiger partial charge on any atom is 0.303 e. The molecule has 276 valence electrons. The Morgan fingerprint density at radius 3 is 2.02 bits per heavy atom. The van der Waals surface area contributed by atoms with Crippen molar-refractivity contribution in [3.05, 3.63) is 70.3 Å². The van der Waals surface area contributed by atoms with E-state index in [9.17, 15) is 34.4 Å². The van der Waals surface area contributed by atoms with Gasteiger partial charge in [-0.1, -0.05) is 30.3 Å². The van der Waals surface area contributed by atoms with Gasteiger partial charge in [-0.2, -0.15) is 0 Å². The summed E-state index contributed by atoms with van der Waals surface area (Å²) in [5.74, 6) is -3.17. The van der Waals surface area contributed by atoms with E-state index in [1.807, 2.05) is 6.07 Å². The highest BCUT2D eigenvalue weighted by Crippen LogP contribution is 2.38. The molecule has 11 atom stereocenters. The van der Waals surface area contributed by atoms with Crippen molar-refractivity contribution in [2.75, 3.05) is 13.2 Å². The Morgan fingerprint density at radius 2 is 1.41 bits per heavy atom. The zero-order valence-corrected chi connectivity index (χ0v) is 27.9. The first kappa shape index (κ1) is 37.5. The lowest BCUT2D eigenvalue weighted by molar-refractivity contribution is -0.385. The van der Waals surface area contributed by atoms with Gasteiger partial charge >= 0.3 is 23.9 Å². The molecule has 5 rings (SSSR count). The molecule has 3 fully saturated rings. The third-order valence-corrected chi connectivity index (χ3v) is 7.92. The number of carbonyl (C=O) groups is 4. The van der Waals surface area contributed by atoms with Gasteiger partial charge in [0.1, 0.15) is 36.8 Å². The largest absolute Gasteiger partial charge is 0.463 e. The van der Waals surface area contributed by atoms with Crippen LogP contribution in [-0.4, -0.2) is 109 Å². The Balaban J connectivity index is 1.50. The van der Waals surface area contributed by atoms with Crippen molar-refractivity contribution < 1.29 is 76.6 Å². The first-order valence-corrected chi connectivity index (χ1v) is 15.8. The van der Waals surface area contributed by atoms with Crippen LogP contribution in [0.5, 0.6) is 5.75 Å². The van der Waals surface area contributed by atoms with E-state index in [4.69, 9.17) is 47.4 Å². The summed E-state index contributed by atoms with van der Waals surface area (Å²) in [6.07, 6.45) is -15.1. The molecule has 2 aromatic carbocycles. The topological polar surface area (TPSA) is 224 Å². The molecule has 0 saturated carbocycles. The van der Waals surface area contributed by atoms with Crippen molar-refractivity contribution in [1.82, 2.24) is 0 Å². The van der Waals surface area contributed by atoms with Gasteiger partial charge < -0.3 is 52.5 Å². The van der Waals surface area contributed by atoms with Crippen LogP contribution in [0, 0.1) is 10.1 Å². The predicted molar refractivity (Wildman–Crippen MR) is 165 cm³/mol. The number of nitro benzene ring substituents is 1. The fourth-order valence-electron chi connectivity index (χ4n) is 5.82. The van der Waals surface area contributed by atoms with Crippen LogP contribution in [0.4, 0.5) is 5.69 Å². The molecule has 1 N–H and O–H groups in total. The molecule has 1 unspecified atom stereocenters. The van der Waals surface area contributed by atoms with Crippen LogP contribution in [-0.2, 0) is 61.8 Å². The van der Waals surface area contributed by atoms with E-state index in [1.165, 1.54) is 24.3 Å². The van der Waals surface area contributed by atoms with Crippen LogP contribution < -0.4 is 4.74 Å². The second-order valence-corrected chi connectivity index (χ2v) is 11.7. The van der Waals surface area contributed by atoms with E-state index < -0.39 is 103 Å². The number of aliphatic hydroxyl groups excluding tert-OH is 1. The molecule has 0 amide bonds. The maximum atomic E-state index is 12.4. The predicted octanol–water partition coefficient (Wildman–Crippen LogP) is 1.64. The van der Waals surface area contributed by atoms with Crippen LogP contribution in [0.25, 0.3) is 0 Å². The lowest BCUT2D eigenvalue weighted by atomic mass is 9.96. The Morgan fingerprint density at radius 1 is 0.784 bits per heavy atom. The third-order valence-electron chi connectivity index (χ3n) is 7.92. The van der Waals surface area contributed by atoms with Crippen molar-refractivity contribution in [3.63, 3.8) is 0 Å². The highest BCUT2D eigenvalue weighted by atomic mass is 16.8. The van der Waals surface area contributed by atoms with Crippen molar-refractivity contribution >= 4 is 29.6 Å². The van der Waals surface area contributed by atoms with Crippen molar-refractivity contribution in [2.45, 2.75) is 95.4 Å². The number of esters is 4. The number of non-ortho nitro benzene ring substituents is 1. The average molecular weight is 720 g/mol. The van der Waals surface area contributed by atoms with Gasteiger partial charge in [0, 0.05) is 45.4 Å². The number of rotatable bonds is 11. The monoisotopic (exact) mass is 719 g/mol. The number of fused-ring (bicyclic) bond motifs is 1. The van der Waals surface area contributed by atoms with Gasteiger partial charge in [0.25, 0.3) is 5.69 Å².